The van der Waals surface area contributed by atoms with Gasteiger partial charge in [-0.05, 0) is 50.3 Å². The molecule has 0 unspecified atom stereocenters. The summed E-state index contributed by atoms with van der Waals surface area (Å²) in [6.07, 6.45) is 5.76. The Morgan fingerprint density at radius 1 is 0.938 bits per heavy atom. The fourth-order valence-corrected chi connectivity index (χ4v) is 2.34. The maximum Gasteiger partial charge on any atom is 0.155 e. The number of benzene rings is 1. The van der Waals surface area contributed by atoms with Crippen LogP contribution in [0.1, 0.15) is 42.4 Å². The van der Waals surface area contributed by atoms with E-state index in [0.29, 0.717) is 6.42 Å². The first kappa shape index (κ1) is 11.1. The van der Waals surface area contributed by atoms with Crippen LogP contribution in [0.15, 0.2) is 24.3 Å². The molecular formula is C15H18O. The molecule has 0 fully saturated rings. The fraction of sp³-hybridized carbons (Fsp3) is 0.400. The van der Waals surface area contributed by atoms with Gasteiger partial charge in [-0.1, -0.05) is 29.3 Å². The van der Waals surface area contributed by atoms with Crippen LogP contribution in [-0.4, -0.2) is 5.78 Å². The quantitative estimate of drug-likeness (QED) is 0.694. The van der Waals surface area contributed by atoms with Crippen LogP contribution >= 0.6 is 0 Å². The summed E-state index contributed by atoms with van der Waals surface area (Å²) >= 11 is 0. The highest BCUT2D eigenvalue weighted by molar-refractivity contribution is 5.97. The van der Waals surface area contributed by atoms with E-state index in [-0.39, 0.29) is 5.78 Å². The van der Waals surface area contributed by atoms with Gasteiger partial charge in [0.1, 0.15) is 0 Å². The first-order chi connectivity index (χ1) is 7.65. The largest absolute Gasteiger partial charge is 0.295 e. The van der Waals surface area contributed by atoms with Crippen molar-refractivity contribution in [2.75, 3.05) is 0 Å². The molecule has 0 radical (unpaired) electrons. The zero-order valence-electron chi connectivity index (χ0n) is 10.0. The van der Waals surface area contributed by atoms with Crippen molar-refractivity contribution in [3.8, 4) is 0 Å². The summed E-state index contributed by atoms with van der Waals surface area (Å²) < 4.78 is 0. The van der Waals surface area contributed by atoms with Gasteiger partial charge in [0.05, 0.1) is 0 Å². The van der Waals surface area contributed by atoms with Crippen LogP contribution in [0.5, 0.6) is 0 Å². The first-order valence-corrected chi connectivity index (χ1v) is 5.97. The molecule has 1 nitrogen and oxygen atoms in total. The lowest BCUT2D eigenvalue weighted by Gasteiger charge is -2.08. The van der Waals surface area contributed by atoms with E-state index in [4.69, 9.17) is 0 Å². The van der Waals surface area contributed by atoms with E-state index in [9.17, 15) is 4.79 Å². The van der Waals surface area contributed by atoms with E-state index < -0.39 is 0 Å². The van der Waals surface area contributed by atoms with Gasteiger partial charge in [-0.25, -0.2) is 0 Å². The van der Waals surface area contributed by atoms with Crippen molar-refractivity contribution < 1.29 is 4.79 Å². The highest BCUT2D eigenvalue weighted by Gasteiger charge is 2.10. The van der Waals surface area contributed by atoms with E-state index in [1.807, 2.05) is 6.08 Å². The molecule has 0 aliphatic heterocycles. The zero-order valence-corrected chi connectivity index (χ0v) is 10.0. The molecule has 1 aliphatic rings. The van der Waals surface area contributed by atoms with Crippen molar-refractivity contribution in [3.63, 3.8) is 0 Å². The van der Waals surface area contributed by atoms with Gasteiger partial charge in [-0.15, -0.1) is 0 Å². The number of hydrogen-bond acceptors (Lipinski definition) is 1. The highest BCUT2D eigenvalue weighted by atomic mass is 16.1. The second-order valence-electron chi connectivity index (χ2n) is 4.72. The predicted molar refractivity (Wildman–Crippen MR) is 67.4 cm³/mol. The number of carbonyl (C=O) groups is 1. The number of hydrogen-bond donors (Lipinski definition) is 0. The van der Waals surface area contributed by atoms with Crippen LogP contribution < -0.4 is 0 Å². The summed E-state index contributed by atoms with van der Waals surface area (Å²) in [6.45, 7) is 4.21. The fourth-order valence-electron chi connectivity index (χ4n) is 2.34. The molecule has 0 spiro atoms. The van der Waals surface area contributed by atoms with E-state index in [1.54, 1.807) is 0 Å². The lowest BCUT2D eigenvalue weighted by atomic mass is 9.97. The predicted octanol–water partition coefficient (Wildman–Crippen LogP) is 3.83. The number of ketones is 1. The molecule has 1 aromatic rings. The molecule has 16 heavy (non-hydrogen) atoms. The Morgan fingerprint density at radius 3 is 2.25 bits per heavy atom. The Morgan fingerprint density at radius 2 is 1.56 bits per heavy atom. The molecule has 1 heteroatoms. The Labute approximate surface area is 97.2 Å². The van der Waals surface area contributed by atoms with E-state index in [0.717, 1.165) is 19.3 Å². The zero-order chi connectivity index (χ0) is 11.5. The molecule has 0 saturated heterocycles. The van der Waals surface area contributed by atoms with Gasteiger partial charge >= 0.3 is 0 Å². The molecule has 0 atom stereocenters. The summed E-state index contributed by atoms with van der Waals surface area (Å²) in [6, 6.07) is 6.53. The van der Waals surface area contributed by atoms with Crippen molar-refractivity contribution in [1.82, 2.24) is 0 Å². The van der Waals surface area contributed by atoms with E-state index in [1.165, 1.54) is 22.3 Å². The molecule has 2 rings (SSSR count). The van der Waals surface area contributed by atoms with Gasteiger partial charge in [0, 0.05) is 6.42 Å². The van der Waals surface area contributed by atoms with Crippen LogP contribution in [0.4, 0.5) is 0 Å². The molecule has 0 saturated carbocycles. The SMILES string of the molecule is Cc1cc(C)cc(C2=CC(=O)CCCC2)c1. The standard InChI is InChI=1S/C15H18O/c1-11-7-12(2)9-14(8-11)13-5-3-4-6-15(16)10-13/h7-10H,3-6H2,1-2H3. The number of carbonyl (C=O) groups excluding carboxylic acids is 1. The molecule has 1 aliphatic carbocycles. The maximum atomic E-state index is 11.6. The second-order valence-corrected chi connectivity index (χ2v) is 4.72. The van der Waals surface area contributed by atoms with Gasteiger partial charge in [-0.2, -0.15) is 0 Å². The third kappa shape index (κ3) is 2.60. The monoisotopic (exact) mass is 214 g/mol. The van der Waals surface area contributed by atoms with Gasteiger partial charge < -0.3 is 0 Å². The van der Waals surface area contributed by atoms with Crippen molar-refractivity contribution in [1.29, 1.82) is 0 Å². The van der Waals surface area contributed by atoms with E-state index >= 15 is 0 Å². The van der Waals surface area contributed by atoms with E-state index in [2.05, 4.69) is 32.0 Å². The van der Waals surface area contributed by atoms with Gasteiger partial charge in [0.2, 0.25) is 0 Å². The molecule has 0 heterocycles. The maximum absolute atomic E-state index is 11.6. The molecule has 0 bridgehead atoms. The van der Waals surface area contributed by atoms with Gasteiger partial charge in [0.15, 0.2) is 5.78 Å². The third-order valence-corrected chi connectivity index (χ3v) is 3.05. The smallest absolute Gasteiger partial charge is 0.155 e. The number of allylic oxidation sites excluding steroid dienone is 2. The number of rotatable bonds is 1. The Hall–Kier alpha value is -1.37. The van der Waals surface area contributed by atoms with Crippen LogP contribution in [0, 0.1) is 13.8 Å². The molecular weight excluding hydrogens is 196 g/mol. The van der Waals surface area contributed by atoms with Crippen molar-refractivity contribution in [3.05, 3.63) is 41.0 Å². The molecule has 0 aromatic heterocycles. The highest BCUT2D eigenvalue weighted by Crippen LogP contribution is 2.26. The van der Waals surface area contributed by atoms with Gasteiger partial charge in [0.25, 0.3) is 0 Å². The van der Waals surface area contributed by atoms with Crippen molar-refractivity contribution in [2.45, 2.75) is 39.5 Å². The van der Waals surface area contributed by atoms with Crippen LogP contribution in [-0.2, 0) is 4.79 Å². The summed E-state index contributed by atoms with van der Waals surface area (Å²) in [5, 5.41) is 0. The van der Waals surface area contributed by atoms with Crippen LogP contribution in [0.2, 0.25) is 0 Å². The average Bonchev–Trinajstić information content (AvgIpc) is 2.41. The van der Waals surface area contributed by atoms with Crippen molar-refractivity contribution in [2.24, 2.45) is 0 Å². The summed E-state index contributed by atoms with van der Waals surface area (Å²) in [7, 11) is 0. The third-order valence-electron chi connectivity index (χ3n) is 3.05. The summed E-state index contributed by atoms with van der Waals surface area (Å²) in [5.74, 6) is 0.284. The normalized spacial score (nSPS) is 16.9. The van der Waals surface area contributed by atoms with Crippen molar-refractivity contribution >= 4 is 11.4 Å². The minimum Gasteiger partial charge on any atom is -0.295 e. The lowest BCUT2D eigenvalue weighted by molar-refractivity contribution is -0.114. The Balaban J connectivity index is 2.38. The molecule has 0 N–H and O–H groups in total. The van der Waals surface area contributed by atoms with Gasteiger partial charge in [-0.3, -0.25) is 4.79 Å². The Bertz CT molecular complexity index is 420. The average molecular weight is 214 g/mol. The molecule has 84 valence electrons. The minimum absolute atomic E-state index is 0.284. The molecule has 1 aromatic carbocycles. The number of aryl methyl sites for hydroxylation is 2. The minimum atomic E-state index is 0.284. The summed E-state index contributed by atoms with van der Waals surface area (Å²) in [5.41, 5.74) is 4.99. The topological polar surface area (TPSA) is 17.1 Å². The lowest BCUT2D eigenvalue weighted by Crippen LogP contribution is -1.91. The van der Waals surface area contributed by atoms with Crippen LogP contribution in [0.25, 0.3) is 5.57 Å². The molecule has 0 amide bonds. The second kappa shape index (κ2) is 4.65. The van der Waals surface area contributed by atoms with Crippen LogP contribution in [0.3, 0.4) is 0 Å². The Kier molecular flexibility index (Phi) is 3.23. The summed E-state index contributed by atoms with van der Waals surface area (Å²) in [4.78, 5) is 11.6. The first-order valence-electron chi connectivity index (χ1n) is 5.97.